The Morgan fingerprint density at radius 3 is 2.32 bits per heavy atom. The first-order valence-electron chi connectivity index (χ1n) is 5.03. The predicted molar refractivity (Wildman–Crippen MR) is 54.7 cm³/mol. The second-order valence-electron chi connectivity index (χ2n) is 3.83. The quantitative estimate of drug-likeness (QED) is 0.612. The molecular weight excluding hydrogens is 276 g/mol. The van der Waals surface area contributed by atoms with E-state index in [1.807, 2.05) is 5.32 Å². The number of rotatable bonds is 2. The van der Waals surface area contributed by atoms with E-state index in [2.05, 4.69) is 6.58 Å². The van der Waals surface area contributed by atoms with Crippen molar-refractivity contribution in [1.29, 1.82) is 0 Å². The molecule has 0 spiro atoms. The molecule has 2 nitrogen and oxygen atoms in total. The Hall–Kier alpha value is -1.73. The highest BCUT2D eigenvalue weighted by Gasteiger charge is 2.44. The summed E-state index contributed by atoms with van der Waals surface area (Å²) in [5, 5.41) is 1.94. The maximum Gasteiger partial charge on any atom is 0.416 e. The first-order valence-corrected chi connectivity index (χ1v) is 5.03. The van der Waals surface area contributed by atoms with Crippen molar-refractivity contribution in [2.75, 3.05) is 0 Å². The summed E-state index contributed by atoms with van der Waals surface area (Å²) in [7, 11) is 0. The van der Waals surface area contributed by atoms with Gasteiger partial charge in [-0.2, -0.15) is 26.3 Å². The topological polar surface area (TPSA) is 29.1 Å². The van der Waals surface area contributed by atoms with Gasteiger partial charge in [0.15, 0.2) is 0 Å². The van der Waals surface area contributed by atoms with E-state index in [1.165, 1.54) is 0 Å². The summed E-state index contributed by atoms with van der Waals surface area (Å²) in [6.45, 7) is 3.06. The summed E-state index contributed by atoms with van der Waals surface area (Å²) < 4.78 is 75.0. The number of hydrogen-bond donors (Lipinski definition) is 1. The Labute approximate surface area is 104 Å². The van der Waals surface area contributed by atoms with Crippen LogP contribution in [0.2, 0.25) is 0 Å². The fourth-order valence-electron chi connectivity index (χ4n) is 1.49. The van der Waals surface area contributed by atoms with E-state index in [0.29, 0.717) is 6.08 Å². The molecule has 0 aromatic rings. The largest absolute Gasteiger partial charge is 0.416 e. The minimum atomic E-state index is -4.91. The van der Waals surface area contributed by atoms with E-state index >= 15 is 0 Å². The van der Waals surface area contributed by atoms with Crippen molar-refractivity contribution >= 4 is 5.91 Å². The Morgan fingerprint density at radius 1 is 1.32 bits per heavy atom. The van der Waals surface area contributed by atoms with Crippen molar-refractivity contribution in [3.05, 3.63) is 36.1 Å². The van der Waals surface area contributed by atoms with Crippen LogP contribution in [0.1, 0.15) is 6.42 Å². The number of nitrogens with one attached hydrogen (secondary N) is 1. The first-order chi connectivity index (χ1) is 8.54. The predicted octanol–water partition coefficient (Wildman–Crippen LogP) is 3.24. The fraction of sp³-hybridized carbons (Fsp3) is 0.364. The average Bonchev–Trinajstić information content (AvgIpc) is 2.26. The fourth-order valence-corrected chi connectivity index (χ4v) is 1.49. The summed E-state index contributed by atoms with van der Waals surface area (Å²) in [5.74, 6) is -3.15. The van der Waals surface area contributed by atoms with Gasteiger partial charge >= 0.3 is 12.4 Å². The lowest BCUT2D eigenvalue weighted by molar-refractivity contribution is -0.162. The number of alkyl halides is 6. The molecule has 1 rings (SSSR count). The van der Waals surface area contributed by atoms with E-state index in [4.69, 9.17) is 0 Å². The molecule has 106 valence electrons. The number of carbonyl (C=O) groups excluding carboxylic acids is 1. The van der Waals surface area contributed by atoms with E-state index in [9.17, 15) is 31.1 Å². The third-order valence-corrected chi connectivity index (χ3v) is 2.37. The van der Waals surface area contributed by atoms with Gasteiger partial charge in [0.2, 0.25) is 5.91 Å². The third kappa shape index (κ3) is 4.15. The maximum absolute atomic E-state index is 12.5. The van der Waals surface area contributed by atoms with Crippen LogP contribution in [0.4, 0.5) is 26.3 Å². The number of amides is 1. The number of hydrogen-bond acceptors (Lipinski definition) is 1. The molecule has 0 heterocycles. The minimum Gasteiger partial charge on any atom is -0.326 e. The number of allylic oxidation sites excluding steroid dienone is 4. The SMILES string of the molecule is C=CC(=O)NC1=CC(C(F)(F)F)=CC(C(F)(F)F)C1. The van der Waals surface area contributed by atoms with Crippen molar-refractivity contribution < 1.29 is 31.1 Å². The average molecular weight is 285 g/mol. The lowest BCUT2D eigenvalue weighted by Gasteiger charge is -2.24. The van der Waals surface area contributed by atoms with Gasteiger partial charge in [0, 0.05) is 12.1 Å². The normalized spacial score (nSPS) is 20.4. The maximum atomic E-state index is 12.5. The monoisotopic (exact) mass is 285 g/mol. The Kier molecular flexibility index (Phi) is 4.12. The summed E-state index contributed by atoms with van der Waals surface area (Å²) in [5.41, 5.74) is -1.87. The highest BCUT2D eigenvalue weighted by molar-refractivity contribution is 5.88. The highest BCUT2D eigenvalue weighted by Crippen LogP contribution is 2.39. The van der Waals surface area contributed by atoms with E-state index in [1.54, 1.807) is 0 Å². The van der Waals surface area contributed by atoms with Gasteiger partial charge in [0.25, 0.3) is 0 Å². The molecule has 0 saturated heterocycles. The van der Waals surface area contributed by atoms with Crippen LogP contribution in [0.3, 0.4) is 0 Å². The van der Waals surface area contributed by atoms with Crippen LogP contribution in [0.25, 0.3) is 0 Å². The van der Waals surface area contributed by atoms with Gasteiger partial charge in [-0.1, -0.05) is 12.7 Å². The van der Waals surface area contributed by atoms with Crippen molar-refractivity contribution in [3.8, 4) is 0 Å². The Balaban J connectivity index is 3.08. The summed E-state index contributed by atoms with van der Waals surface area (Å²) in [6.07, 6.45) is -9.10. The van der Waals surface area contributed by atoms with Crippen molar-refractivity contribution in [1.82, 2.24) is 5.32 Å². The van der Waals surface area contributed by atoms with Crippen LogP contribution >= 0.6 is 0 Å². The van der Waals surface area contributed by atoms with Crippen LogP contribution in [-0.2, 0) is 4.79 Å². The van der Waals surface area contributed by atoms with Gasteiger partial charge in [0.1, 0.15) is 0 Å². The molecule has 1 amide bonds. The zero-order valence-corrected chi connectivity index (χ0v) is 9.40. The molecule has 1 aliphatic rings. The van der Waals surface area contributed by atoms with Gasteiger partial charge < -0.3 is 5.32 Å². The molecule has 1 N–H and O–H groups in total. The highest BCUT2D eigenvalue weighted by atomic mass is 19.4. The lowest BCUT2D eigenvalue weighted by atomic mass is 9.93. The molecule has 1 unspecified atom stereocenters. The van der Waals surface area contributed by atoms with Crippen molar-refractivity contribution in [3.63, 3.8) is 0 Å². The molecule has 0 aromatic heterocycles. The van der Waals surface area contributed by atoms with E-state index in [0.717, 1.165) is 6.08 Å². The van der Waals surface area contributed by atoms with Gasteiger partial charge in [-0.3, -0.25) is 4.79 Å². The second kappa shape index (κ2) is 5.10. The van der Waals surface area contributed by atoms with Crippen molar-refractivity contribution in [2.24, 2.45) is 5.92 Å². The van der Waals surface area contributed by atoms with Crippen LogP contribution in [-0.4, -0.2) is 18.3 Å². The molecule has 8 heteroatoms. The zero-order chi connectivity index (χ0) is 14.8. The molecule has 0 aromatic carbocycles. The Bertz CT molecular complexity index is 443. The molecule has 1 aliphatic carbocycles. The molecule has 0 saturated carbocycles. The summed E-state index contributed by atoms with van der Waals surface area (Å²) >= 11 is 0. The van der Waals surface area contributed by atoms with Gasteiger partial charge in [-0.15, -0.1) is 0 Å². The van der Waals surface area contributed by atoms with Gasteiger partial charge in [0.05, 0.1) is 11.5 Å². The number of carbonyl (C=O) groups is 1. The third-order valence-electron chi connectivity index (χ3n) is 2.37. The molecule has 19 heavy (non-hydrogen) atoms. The molecule has 0 radical (unpaired) electrons. The standard InChI is InChI=1S/C11H9F6NO/c1-2-9(19)18-8-4-6(10(12,13)14)3-7(5-8)11(15,16)17/h2-4,7H,1,5H2,(H,18,19). The van der Waals surface area contributed by atoms with Gasteiger partial charge in [-0.25, -0.2) is 0 Å². The van der Waals surface area contributed by atoms with Crippen LogP contribution in [0.15, 0.2) is 36.1 Å². The lowest BCUT2D eigenvalue weighted by Crippen LogP contribution is -2.31. The van der Waals surface area contributed by atoms with E-state index in [-0.39, 0.29) is 6.08 Å². The van der Waals surface area contributed by atoms with Crippen LogP contribution < -0.4 is 5.32 Å². The van der Waals surface area contributed by atoms with Crippen LogP contribution in [0.5, 0.6) is 0 Å². The molecule has 0 bridgehead atoms. The minimum absolute atomic E-state index is 0.115. The number of halogens is 6. The Morgan fingerprint density at radius 2 is 1.89 bits per heavy atom. The second-order valence-corrected chi connectivity index (χ2v) is 3.83. The smallest absolute Gasteiger partial charge is 0.326 e. The molecule has 0 aliphatic heterocycles. The van der Waals surface area contributed by atoms with Crippen LogP contribution in [0, 0.1) is 5.92 Å². The summed E-state index contributed by atoms with van der Waals surface area (Å²) in [6, 6.07) is 0. The van der Waals surface area contributed by atoms with Crippen molar-refractivity contribution in [2.45, 2.75) is 18.8 Å². The zero-order valence-electron chi connectivity index (χ0n) is 9.40. The molecule has 1 atom stereocenters. The summed E-state index contributed by atoms with van der Waals surface area (Å²) in [4.78, 5) is 10.9. The van der Waals surface area contributed by atoms with E-state index < -0.39 is 41.9 Å². The molecule has 0 fully saturated rings. The van der Waals surface area contributed by atoms with Gasteiger partial charge in [-0.05, 0) is 12.2 Å². The first kappa shape index (κ1) is 15.3. The molecular formula is C11H9F6NO.